The fourth-order valence-corrected chi connectivity index (χ4v) is 3.17. The first kappa shape index (κ1) is 11.8. The maximum Gasteiger partial charge on any atom is 0.115 e. The number of thiazole rings is 1. The third-order valence-corrected chi connectivity index (χ3v) is 3.98. The quantitative estimate of drug-likeness (QED) is 0.801. The second-order valence-electron chi connectivity index (χ2n) is 3.83. The molecule has 0 fully saturated rings. The summed E-state index contributed by atoms with van der Waals surface area (Å²) >= 11 is 5.12. The molecule has 0 spiro atoms. The van der Waals surface area contributed by atoms with Crippen LogP contribution in [0.2, 0.25) is 0 Å². The van der Waals surface area contributed by atoms with Crippen molar-refractivity contribution in [1.82, 2.24) is 20.0 Å². The molecule has 2 heterocycles. The van der Waals surface area contributed by atoms with Gasteiger partial charge in [0.25, 0.3) is 0 Å². The summed E-state index contributed by atoms with van der Waals surface area (Å²) in [6.07, 6.45) is 1.85. The van der Waals surface area contributed by atoms with Crippen molar-refractivity contribution < 1.29 is 0 Å². The summed E-state index contributed by atoms with van der Waals surface area (Å²) in [5.41, 5.74) is 7.30. The Kier molecular flexibility index (Phi) is 3.11. The zero-order valence-corrected chi connectivity index (χ0v) is 11.8. The summed E-state index contributed by atoms with van der Waals surface area (Å²) in [6.45, 7) is 1.04. The number of aromatic nitrogens is 4. The maximum absolute atomic E-state index is 5.50. The van der Waals surface area contributed by atoms with E-state index in [2.05, 4.69) is 37.3 Å². The first-order valence-corrected chi connectivity index (χ1v) is 6.99. The molecule has 7 heteroatoms. The third kappa shape index (κ3) is 2.29. The van der Waals surface area contributed by atoms with Crippen LogP contribution < -0.4 is 5.73 Å². The van der Waals surface area contributed by atoms with Crippen LogP contribution in [0.15, 0.2) is 28.9 Å². The number of fused-ring (bicyclic) bond motifs is 1. The van der Waals surface area contributed by atoms with Crippen LogP contribution in [0.5, 0.6) is 0 Å². The van der Waals surface area contributed by atoms with Gasteiger partial charge in [-0.1, -0.05) is 21.1 Å². The number of nitrogens with two attached hydrogens (primary N) is 1. The second kappa shape index (κ2) is 4.75. The van der Waals surface area contributed by atoms with Crippen molar-refractivity contribution in [2.45, 2.75) is 13.1 Å². The summed E-state index contributed by atoms with van der Waals surface area (Å²) in [7, 11) is 0. The van der Waals surface area contributed by atoms with Crippen LogP contribution in [0.4, 0.5) is 0 Å². The van der Waals surface area contributed by atoms with Gasteiger partial charge in [-0.15, -0.1) is 16.4 Å². The molecule has 2 aromatic heterocycles. The largest absolute Gasteiger partial charge is 0.325 e. The van der Waals surface area contributed by atoms with Crippen LogP contribution in [0.3, 0.4) is 0 Å². The Balaban J connectivity index is 1.90. The molecular weight excluding hydrogens is 314 g/mol. The molecule has 0 unspecified atom stereocenters. The number of hydrogen-bond acceptors (Lipinski definition) is 5. The lowest BCUT2D eigenvalue weighted by Crippen LogP contribution is -1.99. The second-order valence-corrected chi connectivity index (χ2v) is 5.86. The van der Waals surface area contributed by atoms with Gasteiger partial charge >= 0.3 is 0 Å². The maximum atomic E-state index is 5.50. The normalized spacial score (nSPS) is 11.2. The summed E-state index contributed by atoms with van der Waals surface area (Å²) < 4.78 is 3.99. The van der Waals surface area contributed by atoms with E-state index in [-0.39, 0.29) is 0 Å². The number of nitrogens with zero attached hydrogens (tertiary/aromatic N) is 4. The van der Waals surface area contributed by atoms with Crippen LogP contribution in [-0.4, -0.2) is 20.0 Å². The van der Waals surface area contributed by atoms with Gasteiger partial charge in [0.2, 0.25) is 0 Å². The van der Waals surface area contributed by atoms with Gasteiger partial charge in [0.15, 0.2) is 0 Å². The van der Waals surface area contributed by atoms with Crippen molar-refractivity contribution in [2.75, 3.05) is 0 Å². The fourth-order valence-electron chi connectivity index (χ4n) is 1.66. The minimum Gasteiger partial charge on any atom is -0.325 e. The molecule has 0 saturated carbocycles. The van der Waals surface area contributed by atoms with E-state index in [0.29, 0.717) is 13.1 Å². The van der Waals surface area contributed by atoms with Gasteiger partial charge in [-0.25, -0.2) is 9.67 Å². The Morgan fingerprint density at radius 1 is 1.39 bits per heavy atom. The molecule has 3 rings (SSSR count). The van der Waals surface area contributed by atoms with E-state index in [1.165, 1.54) is 4.70 Å². The zero-order chi connectivity index (χ0) is 12.5. The number of benzene rings is 1. The van der Waals surface area contributed by atoms with E-state index in [1.54, 1.807) is 16.0 Å². The van der Waals surface area contributed by atoms with E-state index in [9.17, 15) is 0 Å². The van der Waals surface area contributed by atoms with Crippen LogP contribution in [0.25, 0.3) is 10.2 Å². The van der Waals surface area contributed by atoms with Crippen LogP contribution in [0.1, 0.15) is 10.7 Å². The van der Waals surface area contributed by atoms with E-state index in [0.717, 1.165) is 20.7 Å². The number of hydrogen-bond donors (Lipinski definition) is 1. The van der Waals surface area contributed by atoms with E-state index >= 15 is 0 Å². The average Bonchev–Trinajstić information content (AvgIpc) is 2.95. The molecule has 18 heavy (non-hydrogen) atoms. The lowest BCUT2D eigenvalue weighted by Gasteiger charge is -1.93. The van der Waals surface area contributed by atoms with Crippen LogP contribution in [0, 0.1) is 0 Å². The molecule has 0 aliphatic rings. The average molecular weight is 324 g/mol. The van der Waals surface area contributed by atoms with Crippen molar-refractivity contribution in [3.63, 3.8) is 0 Å². The predicted molar refractivity (Wildman–Crippen MR) is 74.3 cm³/mol. The van der Waals surface area contributed by atoms with Crippen LogP contribution in [-0.2, 0) is 13.1 Å². The molecule has 2 N–H and O–H groups in total. The van der Waals surface area contributed by atoms with Gasteiger partial charge in [0.1, 0.15) is 5.01 Å². The molecule has 92 valence electrons. The number of halogens is 1. The molecule has 0 aliphatic heterocycles. The summed E-state index contributed by atoms with van der Waals surface area (Å²) in [6, 6.07) is 6.07. The lowest BCUT2D eigenvalue weighted by atomic mass is 10.3. The molecule has 3 aromatic rings. The predicted octanol–water partition coefficient (Wildman–Crippen LogP) is 2.16. The minimum atomic E-state index is 0.410. The molecule has 0 radical (unpaired) electrons. The summed E-state index contributed by atoms with van der Waals surface area (Å²) in [5.74, 6) is 0. The van der Waals surface area contributed by atoms with Crippen molar-refractivity contribution in [2.24, 2.45) is 5.73 Å². The van der Waals surface area contributed by atoms with E-state index < -0.39 is 0 Å². The van der Waals surface area contributed by atoms with Gasteiger partial charge in [-0.3, -0.25) is 0 Å². The Morgan fingerprint density at radius 3 is 3.06 bits per heavy atom. The molecule has 1 aromatic carbocycles. The highest BCUT2D eigenvalue weighted by molar-refractivity contribution is 9.10. The molecular formula is C11H10BrN5S. The fraction of sp³-hybridized carbons (Fsp3) is 0.182. The molecule has 0 atom stereocenters. The number of rotatable bonds is 3. The molecule has 0 aliphatic carbocycles. The van der Waals surface area contributed by atoms with Crippen molar-refractivity contribution in [3.8, 4) is 0 Å². The smallest absolute Gasteiger partial charge is 0.115 e. The highest BCUT2D eigenvalue weighted by Gasteiger charge is 2.06. The summed E-state index contributed by atoms with van der Waals surface area (Å²) in [5, 5.41) is 8.98. The van der Waals surface area contributed by atoms with Crippen molar-refractivity contribution in [3.05, 3.63) is 39.6 Å². The van der Waals surface area contributed by atoms with Crippen molar-refractivity contribution in [1.29, 1.82) is 0 Å². The Morgan fingerprint density at radius 2 is 2.28 bits per heavy atom. The topological polar surface area (TPSA) is 69.6 Å². The molecule has 0 bridgehead atoms. The van der Waals surface area contributed by atoms with Gasteiger partial charge in [0.05, 0.1) is 28.7 Å². The zero-order valence-electron chi connectivity index (χ0n) is 9.38. The lowest BCUT2D eigenvalue weighted by molar-refractivity contribution is 0.647. The van der Waals surface area contributed by atoms with Crippen LogP contribution >= 0.6 is 27.3 Å². The SMILES string of the molecule is NCc1cn(Cc2nc3ccc(Br)cc3s2)nn1. The Bertz CT molecular complexity index is 690. The van der Waals surface area contributed by atoms with Crippen molar-refractivity contribution >= 4 is 37.5 Å². The highest BCUT2D eigenvalue weighted by atomic mass is 79.9. The van der Waals surface area contributed by atoms with Gasteiger partial charge in [-0.2, -0.15) is 0 Å². The monoisotopic (exact) mass is 323 g/mol. The first-order chi connectivity index (χ1) is 8.74. The molecule has 0 amide bonds. The standard InChI is InChI=1S/C11H10BrN5S/c12-7-1-2-9-10(3-7)18-11(14-9)6-17-5-8(4-13)15-16-17/h1-3,5H,4,6,13H2. The van der Waals surface area contributed by atoms with Gasteiger partial charge < -0.3 is 5.73 Å². The first-order valence-electron chi connectivity index (χ1n) is 5.38. The van der Waals surface area contributed by atoms with E-state index in [1.807, 2.05) is 18.3 Å². The Labute approximate surface area is 116 Å². The molecule has 5 nitrogen and oxygen atoms in total. The molecule has 0 saturated heterocycles. The highest BCUT2D eigenvalue weighted by Crippen LogP contribution is 2.25. The van der Waals surface area contributed by atoms with E-state index in [4.69, 9.17) is 5.73 Å². The minimum absolute atomic E-state index is 0.410. The Hall–Kier alpha value is -1.31. The third-order valence-electron chi connectivity index (χ3n) is 2.49. The van der Waals surface area contributed by atoms with Gasteiger partial charge in [-0.05, 0) is 18.2 Å². The van der Waals surface area contributed by atoms with Gasteiger partial charge in [0, 0.05) is 11.0 Å². The summed E-state index contributed by atoms with van der Waals surface area (Å²) in [4.78, 5) is 4.56.